The normalized spacial score (nSPS) is 26.0. The van der Waals surface area contributed by atoms with Gasteiger partial charge in [-0.15, -0.1) is 0 Å². The van der Waals surface area contributed by atoms with E-state index in [1.165, 1.54) is 0 Å². The van der Waals surface area contributed by atoms with Gasteiger partial charge in [0.15, 0.2) is 0 Å². The highest BCUT2D eigenvalue weighted by atomic mass is 16.4. The lowest BCUT2D eigenvalue weighted by molar-refractivity contribution is -0.137. The molecule has 0 unspecified atom stereocenters. The fraction of sp³-hybridized carbons (Fsp3) is 0.714. The minimum absolute atomic E-state index is 0.0517. The first-order chi connectivity index (χ1) is 12.4. The molecule has 0 amide bonds. The number of carbonyl (C=O) groups excluding carboxylic acids is 1. The van der Waals surface area contributed by atoms with Crippen molar-refractivity contribution in [2.75, 3.05) is 0 Å². The lowest BCUT2D eigenvalue weighted by Gasteiger charge is -2.19. The van der Waals surface area contributed by atoms with Crippen LogP contribution in [0.15, 0.2) is 24.3 Å². The van der Waals surface area contributed by atoms with E-state index in [0.717, 1.165) is 19.3 Å². The monoisotopic (exact) mass is 366 g/mol. The van der Waals surface area contributed by atoms with Gasteiger partial charge in [0.25, 0.3) is 0 Å². The predicted molar refractivity (Wildman–Crippen MR) is 102 cm³/mol. The van der Waals surface area contributed by atoms with Gasteiger partial charge < -0.3 is 15.3 Å². The molecule has 3 N–H and O–H groups in total. The molecule has 0 heterocycles. The minimum Gasteiger partial charge on any atom is -0.481 e. The Kier molecular flexibility index (Phi) is 10.4. The third kappa shape index (κ3) is 7.83. The van der Waals surface area contributed by atoms with Gasteiger partial charge in [-0.25, -0.2) is 0 Å². The van der Waals surface area contributed by atoms with Crippen molar-refractivity contribution >= 4 is 11.8 Å². The van der Waals surface area contributed by atoms with Gasteiger partial charge in [0.1, 0.15) is 5.78 Å². The highest BCUT2D eigenvalue weighted by Gasteiger charge is 2.39. The number of aliphatic hydroxyl groups is 2. The minimum atomic E-state index is -0.801. The maximum Gasteiger partial charge on any atom is 0.303 e. The molecule has 1 saturated carbocycles. The maximum absolute atomic E-state index is 12.2. The molecular formula is C21H34O5. The molecule has 5 heteroatoms. The van der Waals surface area contributed by atoms with E-state index >= 15 is 0 Å². The molecule has 5 atom stereocenters. The quantitative estimate of drug-likeness (QED) is 0.363. The van der Waals surface area contributed by atoms with E-state index in [-0.39, 0.29) is 36.4 Å². The molecule has 0 spiro atoms. The molecule has 1 aliphatic rings. The maximum atomic E-state index is 12.2. The van der Waals surface area contributed by atoms with Crippen molar-refractivity contribution in [3.05, 3.63) is 24.3 Å². The van der Waals surface area contributed by atoms with E-state index in [9.17, 15) is 19.8 Å². The smallest absolute Gasteiger partial charge is 0.303 e. The molecule has 148 valence electrons. The lowest BCUT2D eigenvalue weighted by atomic mass is 9.89. The molecule has 26 heavy (non-hydrogen) atoms. The van der Waals surface area contributed by atoms with E-state index in [0.29, 0.717) is 19.3 Å². The topological polar surface area (TPSA) is 94.8 Å². The van der Waals surface area contributed by atoms with Gasteiger partial charge in [0, 0.05) is 24.7 Å². The standard InChI is InChI=1S/C21H34O5/c1-3-4-9-15(2)18(22)13-12-17-16(19(23)14-20(17)24)10-7-5-6-8-11-21(25)26/h5,7,12-13,15-18,20,22,24H,3-4,6,8-11,14H2,1-2H3,(H,25,26)/b7-5-,13-12+/t15-,16-,17-,18-,20-/m1/s1. The fourth-order valence-electron chi connectivity index (χ4n) is 3.39. The molecule has 0 aromatic carbocycles. The number of ketones is 1. The number of hydrogen-bond donors (Lipinski definition) is 3. The van der Waals surface area contributed by atoms with E-state index in [1.54, 1.807) is 6.08 Å². The summed E-state index contributed by atoms with van der Waals surface area (Å²) in [6.07, 6.45) is 11.3. The Balaban J connectivity index is 2.55. The number of rotatable bonds is 12. The van der Waals surface area contributed by atoms with Crippen LogP contribution in [0.3, 0.4) is 0 Å². The zero-order valence-electron chi connectivity index (χ0n) is 16.0. The summed E-state index contributed by atoms with van der Waals surface area (Å²) in [5, 5.41) is 29.0. The van der Waals surface area contributed by atoms with Crippen LogP contribution in [0.25, 0.3) is 0 Å². The molecule has 0 saturated heterocycles. The summed E-state index contributed by atoms with van der Waals surface area (Å²) in [5.41, 5.74) is 0. The van der Waals surface area contributed by atoms with Crippen LogP contribution in [0.1, 0.15) is 65.2 Å². The van der Waals surface area contributed by atoms with Gasteiger partial charge in [-0.05, 0) is 31.6 Å². The van der Waals surface area contributed by atoms with Crippen LogP contribution < -0.4 is 0 Å². The second kappa shape index (κ2) is 12.0. The Hall–Kier alpha value is -1.46. The average molecular weight is 366 g/mol. The van der Waals surface area contributed by atoms with Crippen molar-refractivity contribution < 1.29 is 24.9 Å². The summed E-state index contributed by atoms with van der Waals surface area (Å²) >= 11 is 0. The number of unbranched alkanes of at least 4 members (excludes halogenated alkanes) is 2. The number of carboxylic acid groups (broad SMARTS) is 1. The lowest BCUT2D eigenvalue weighted by Crippen LogP contribution is -2.20. The summed E-state index contributed by atoms with van der Waals surface area (Å²) in [7, 11) is 0. The number of allylic oxidation sites excluding steroid dienone is 2. The third-order valence-electron chi connectivity index (χ3n) is 5.18. The number of aliphatic hydroxyl groups excluding tert-OH is 2. The van der Waals surface area contributed by atoms with Crippen molar-refractivity contribution in [2.45, 2.75) is 77.4 Å². The van der Waals surface area contributed by atoms with E-state index in [1.807, 2.05) is 25.2 Å². The van der Waals surface area contributed by atoms with Gasteiger partial charge in [-0.3, -0.25) is 9.59 Å². The molecule has 1 aliphatic carbocycles. The summed E-state index contributed by atoms with van der Waals surface area (Å²) in [5.74, 6) is -1.12. The van der Waals surface area contributed by atoms with Crippen molar-refractivity contribution in [3.63, 3.8) is 0 Å². The van der Waals surface area contributed by atoms with E-state index in [2.05, 4.69) is 6.92 Å². The van der Waals surface area contributed by atoms with Gasteiger partial charge in [0.05, 0.1) is 12.2 Å². The molecule has 0 aliphatic heterocycles. The first kappa shape index (κ1) is 22.6. The Morgan fingerprint density at radius 1 is 1.31 bits per heavy atom. The Morgan fingerprint density at radius 3 is 2.69 bits per heavy atom. The molecule has 0 bridgehead atoms. The number of carboxylic acids is 1. The van der Waals surface area contributed by atoms with Crippen LogP contribution in [0, 0.1) is 17.8 Å². The molecule has 5 nitrogen and oxygen atoms in total. The van der Waals surface area contributed by atoms with Crippen LogP contribution in [0.2, 0.25) is 0 Å². The first-order valence-corrected chi connectivity index (χ1v) is 9.80. The highest BCUT2D eigenvalue weighted by molar-refractivity contribution is 5.84. The number of carbonyl (C=O) groups is 2. The molecule has 0 aromatic rings. The number of Topliss-reactive ketones (excluding diaryl/α,β-unsaturated/α-hetero) is 1. The SMILES string of the molecule is CCCC[C@@H](C)[C@H](O)/C=C/[C@H]1[C@H](O)CC(=O)[C@@H]1C/C=C\CCCC(=O)O. The summed E-state index contributed by atoms with van der Waals surface area (Å²) < 4.78 is 0. The highest BCUT2D eigenvalue weighted by Crippen LogP contribution is 2.33. The molecule has 0 radical (unpaired) electrons. The largest absolute Gasteiger partial charge is 0.481 e. The van der Waals surface area contributed by atoms with Crippen LogP contribution in [-0.4, -0.2) is 39.3 Å². The average Bonchev–Trinajstić information content (AvgIpc) is 2.86. The van der Waals surface area contributed by atoms with E-state index < -0.39 is 18.2 Å². The Bertz CT molecular complexity index is 497. The zero-order valence-corrected chi connectivity index (χ0v) is 16.0. The Morgan fingerprint density at radius 2 is 2.04 bits per heavy atom. The summed E-state index contributed by atoms with van der Waals surface area (Å²) in [4.78, 5) is 22.6. The number of aliphatic carboxylic acids is 1. The zero-order chi connectivity index (χ0) is 19.5. The van der Waals surface area contributed by atoms with Crippen molar-refractivity contribution in [2.24, 2.45) is 17.8 Å². The first-order valence-electron chi connectivity index (χ1n) is 9.80. The molecule has 1 fully saturated rings. The van der Waals surface area contributed by atoms with Crippen LogP contribution in [-0.2, 0) is 9.59 Å². The summed E-state index contributed by atoms with van der Waals surface area (Å²) in [6, 6.07) is 0. The van der Waals surface area contributed by atoms with Crippen LogP contribution in [0.4, 0.5) is 0 Å². The Labute approximate surface area is 156 Å². The van der Waals surface area contributed by atoms with E-state index in [4.69, 9.17) is 5.11 Å². The van der Waals surface area contributed by atoms with Gasteiger partial charge in [-0.2, -0.15) is 0 Å². The van der Waals surface area contributed by atoms with Crippen LogP contribution >= 0.6 is 0 Å². The van der Waals surface area contributed by atoms with Crippen molar-refractivity contribution in [1.29, 1.82) is 0 Å². The van der Waals surface area contributed by atoms with Gasteiger partial charge in [0.2, 0.25) is 0 Å². The second-order valence-corrected chi connectivity index (χ2v) is 7.41. The molecule has 1 rings (SSSR count). The third-order valence-corrected chi connectivity index (χ3v) is 5.18. The fourth-order valence-corrected chi connectivity index (χ4v) is 3.39. The van der Waals surface area contributed by atoms with Gasteiger partial charge >= 0.3 is 5.97 Å². The second-order valence-electron chi connectivity index (χ2n) is 7.41. The summed E-state index contributed by atoms with van der Waals surface area (Å²) in [6.45, 7) is 4.13. The van der Waals surface area contributed by atoms with Gasteiger partial charge in [-0.1, -0.05) is 51.0 Å². The van der Waals surface area contributed by atoms with Crippen LogP contribution in [0.5, 0.6) is 0 Å². The molecule has 0 aromatic heterocycles. The predicted octanol–water partition coefficient (Wildman–Crippen LogP) is 3.50. The van der Waals surface area contributed by atoms with Crippen molar-refractivity contribution in [3.8, 4) is 0 Å². The number of hydrogen-bond acceptors (Lipinski definition) is 4. The molecular weight excluding hydrogens is 332 g/mol. The van der Waals surface area contributed by atoms with Crippen molar-refractivity contribution in [1.82, 2.24) is 0 Å².